The maximum Gasteiger partial charge on any atom is 0.0484 e. The van der Waals surface area contributed by atoms with Gasteiger partial charge in [-0.15, -0.1) is 0 Å². The van der Waals surface area contributed by atoms with Gasteiger partial charge >= 0.3 is 0 Å². The summed E-state index contributed by atoms with van der Waals surface area (Å²) in [5.41, 5.74) is 13.2. The van der Waals surface area contributed by atoms with Crippen LogP contribution in [0, 0.1) is 6.92 Å². The van der Waals surface area contributed by atoms with Crippen LogP contribution in [0.25, 0.3) is 33.2 Å². The number of para-hydroxylation sites is 1. The summed E-state index contributed by atoms with van der Waals surface area (Å²) < 4.78 is 2.26. The third-order valence-electron chi connectivity index (χ3n) is 6.92. The van der Waals surface area contributed by atoms with E-state index in [1.54, 1.807) is 0 Å². The Bertz CT molecular complexity index is 1560. The van der Waals surface area contributed by atoms with E-state index in [1.807, 2.05) is 0 Å². The minimum absolute atomic E-state index is 0.913. The van der Waals surface area contributed by atoms with Crippen molar-refractivity contribution < 1.29 is 0 Å². The zero-order valence-electron chi connectivity index (χ0n) is 19.6. The van der Waals surface area contributed by atoms with Gasteiger partial charge in [0.15, 0.2) is 0 Å². The molecule has 5 aromatic rings. The molecule has 34 heavy (non-hydrogen) atoms. The molecule has 0 amide bonds. The summed E-state index contributed by atoms with van der Waals surface area (Å²) >= 11 is 0. The highest BCUT2D eigenvalue weighted by Crippen LogP contribution is 2.52. The molecule has 0 saturated carbocycles. The van der Waals surface area contributed by atoms with Crippen LogP contribution in [0.5, 0.6) is 0 Å². The number of nitrogens with zero attached hydrogens (tertiary/aromatic N) is 1. The largest absolute Gasteiger partial charge is 0.350 e. The average Bonchev–Trinajstić information content (AvgIpc) is 3.44. The van der Waals surface area contributed by atoms with Crippen LogP contribution in [-0.4, -0.2) is 4.57 Å². The Labute approximate surface area is 201 Å². The Kier molecular flexibility index (Phi) is 5.04. The summed E-state index contributed by atoms with van der Waals surface area (Å²) in [6.07, 6.45) is 3.22. The fraction of sp³-hybridized carbons (Fsp3) is 0.0909. The van der Waals surface area contributed by atoms with Gasteiger partial charge in [-0.1, -0.05) is 109 Å². The summed E-state index contributed by atoms with van der Waals surface area (Å²) in [7, 11) is 2.15. The molecular formula is C33H27N. The van der Waals surface area contributed by atoms with Gasteiger partial charge in [-0.05, 0) is 58.4 Å². The van der Waals surface area contributed by atoms with E-state index in [0.29, 0.717) is 0 Å². The van der Waals surface area contributed by atoms with Gasteiger partial charge in [-0.25, -0.2) is 0 Å². The minimum Gasteiger partial charge on any atom is -0.350 e. The summed E-state index contributed by atoms with van der Waals surface area (Å²) in [5, 5.41) is 1.30. The highest BCUT2D eigenvalue weighted by molar-refractivity contribution is 6.29. The molecule has 0 unspecified atom stereocenters. The van der Waals surface area contributed by atoms with Crippen molar-refractivity contribution in [1.29, 1.82) is 0 Å². The van der Waals surface area contributed by atoms with Crippen molar-refractivity contribution in [3.05, 3.63) is 143 Å². The first kappa shape index (κ1) is 20.5. The molecule has 1 aliphatic rings. The van der Waals surface area contributed by atoms with Crippen LogP contribution in [0.4, 0.5) is 0 Å². The Morgan fingerprint density at radius 2 is 1.18 bits per heavy atom. The molecule has 1 aliphatic carbocycles. The molecule has 6 rings (SSSR count). The van der Waals surface area contributed by atoms with Crippen molar-refractivity contribution in [2.24, 2.45) is 7.05 Å². The van der Waals surface area contributed by atoms with Gasteiger partial charge < -0.3 is 4.57 Å². The first-order valence-electron chi connectivity index (χ1n) is 11.9. The Morgan fingerprint density at radius 3 is 1.85 bits per heavy atom. The molecule has 0 N–H and O–H groups in total. The molecule has 4 aromatic carbocycles. The molecule has 164 valence electrons. The van der Waals surface area contributed by atoms with Gasteiger partial charge in [-0.2, -0.15) is 0 Å². The van der Waals surface area contributed by atoms with Crippen molar-refractivity contribution in [3.63, 3.8) is 0 Å². The van der Waals surface area contributed by atoms with E-state index in [2.05, 4.69) is 134 Å². The second kappa shape index (κ2) is 8.35. The van der Waals surface area contributed by atoms with E-state index in [0.717, 1.165) is 6.42 Å². The molecule has 1 heteroatoms. The van der Waals surface area contributed by atoms with Gasteiger partial charge in [0, 0.05) is 29.7 Å². The lowest BCUT2D eigenvalue weighted by molar-refractivity contribution is 0.967. The highest BCUT2D eigenvalue weighted by atomic mass is 14.9. The number of aromatic nitrogens is 1. The first-order valence-corrected chi connectivity index (χ1v) is 11.9. The normalized spacial score (nSPS) is 13.8. The second-order valence-corrected chi connectivity index (χ2v) is 9.16. The van der Waals surface area contributed by atoms with Crippen molar-refractivity contribution in [1.82, 2.24) is 4.57 Å². The summed E-state index contributed by atoms with van der Waals surface area (Å²) in [4.78, 5) is 0. The lowest BCUT2D eigenvalue weighted by atomic mass is 9.88. The van der Waals surface area contributed by atoms with Gasteiger partial charge in [0.2, 0.25) is 0 Å². The van der Waals surface area contributed by atoms with Crippen LogP contribution in [0.3, 0.4) is 0 Å². The second-order valence-electron chi connectivity index (χ2n) is 9.16. The van der Waals surface area contributed by atoms with Gasteiger partial charge in [0.25, 0.3) is 0 Å². The predicted molar refractivity (Wildman–Crippen MR) is 145 cm³/mol. The third kappa shape index (κ3) is 3.41. The van der Waals surface area contributed by atoms with E-state index < -0.39 is 0 Å². The average molecular weight is 438 g/mol. The Hall–Kier alpha value is -4.10. The first-order chi connectivity index (χ1) is 16.7. The van der Waals surface area contributed by atoms with Gasteiger partial charge in [0.1, 0.15) is 0 Å². The summed E-state index contributed by atoms with van der Waals surface area (Å²) in [6, 6.07) is 39.5. The van der Waals surface area contributed by atoms with Crippen LogP contribution in [0.15, 0.2) is 115 Å². The molecule has 0 aliphatic heterocycles. The minimum atomic E-state index is 0.913. The van der Waals surface area contributed by atoms with Crippen LogP contribution in [0.1, 0.15) is 34.2 Å². The summed E-state index contributed by atoms with van der Waals surface area (Å²) in [6.45, 7) is 2.18. The van der Waals surface area contributed by atoms with Gasteiger partial charge in [-0.3, -0.25) is 0 Å². The van der Waals surface area contributed by atoms with Crippen molar-refractivity contribution >= 4 is 33.2 Å². The molecule has 1 aromatic heterocycles. The SMILES string of the molecule is Cc1cccc(C2=C(c3ccccc3)CC(c3ccccc3)=C2c2cn(C)c3ccccc23)c1. The van der Waals surface area contributed by atoms with E-state index in [4.69, 9.17) is 0 Å². The fourth-order valence-corrected chi connectivity index (χ4v) is 5.38. The fourth-order valence-electron chi connectivity index (χ4n) is 5.38. The molecule has 0 atom stereocenters. The lowest BCUT2D eigenvalue weighted by Gasteiger charge is -2.14. The van der Waals surface area contributed by atoms with Crippen LogP contribution < -0.4 is 0 Å². The van der Waals surface area contributed by atoms with Crippen LogP contribution in [-0.2, 0) is 7.05 Å². The highest BCUT2D eigenvalue weighted by Gasteiger charge is 2.30. The molecule has 0 saturated heterocycles. The molecule has 0 bridgehead atoms. The molecule has 0 radical (unpaired) electrons. The van der Waals surface area contributed by atoms with E-state index in [9.17, 15) is 0 Å². The lowest BCUT2D eigenvalue weighted by Crippen LogP contribution is -1.93. The van der Waals surface area contributed by atoms with Crippen molar-refractivity contribution in [2.45, 2.75) is 13.3 Å². The van der Waals surface area contributed by atoms with Crippen LogP contribution in [0.2, 0.25) is 0 Å². The van der Waals surface area contributed by atoms with E-state index in [-0.39, 0.29) is 0 Å². The number of hydrogen-bond acceptors (Lipinski definition) is 0. The maximum absolute atomic E-state index is 2.33. The van der Waals surface area contributed by atoms with E-state index >= 15 is 0 Å². The predicted octanol–water partition coefficient (Wildman–Crippen LogP) is 8.41. The Balaban J connectivity index is 1.72. The molecule has 1 heterocycles. The molecule has 1 nitrogen and oxygen atoms in total. The zero-order chi connectivity index (χ0) is 23.1. The number of allylic oxidation sites excluding steroid dienone is 4. The number of benzene rings is 4. The quantitative estimate of drug-likeness (QED) is 0.266. The molecule has 0 fully saturated rings. The smallest absolute Gasteiger partial charge is 0.0484 e. The van der Waals surface area contributed by atoms with E-state index in [1.165, 1.54) is 61.0 Å². The monoisotopic (exact) mass is 437 g/mol. The van der Waals surface area contributed by atoms with Gasteiger partial charge in [0.05, 0.1) is 0 Å². The van der Waals surface area contributed by atoms with Crippen molar-refractivity contribution in [2.75, 3.05) is 0 Å². The standard InChI is InChI=1S/C33H27N/c1-23-12-11-17-26(20-23)32-28(24-13-5-3-6-14-24)21-29(25-15-7-4-8-16-25)33(32)30-22-34(2)31-19-10-9-18-27(30)31/h3-20,22H,21H2,1-2H3. The van der Waals surface area contributed by atoms with Crippen LogP contribution >= 0.6 is 0 Å². The Morgan fingerprint density at radius 1 is 0.588 bits per heavy atom. The number of aryl methyl sites for hydroxylation is 2. The topological polar surface area (TPSA) is 4.93 Å². The molecule has 0 spiro atoms. The number of fused-ring (bicyclic) bond motifs is 1. The zero-order valence-corrected chi connectivity index (χ0v) is 19.6. The number of hydrogen-bond donors (Lipinski definition) is 0. The maximum atomic E-state index is 2.33. The molecular weight excluding hydrogens is 410 g/mol. The third-order valence-corrected chi connectivity index (χ3v) is 6.92. The summed E-state index contributed by atoms with van der Waals surface area (Å²) in [5.74, 6) is 0. The number of rotatable bonds is 4. The van der Waals surface area contributed by atoms with Crippen molar-refractivity contribution in [3.8, 4) is 0 Å².